The van der Waals surface area contributed by atoms with Crippen LogP contribution in [0.5, 0.6) is 17.2 Å². The Kier molecular flexibility index (Phi) is 32.7. The van der Waals surface area contributed by atoms with E-state index in [0.717, 1.165) is 96.2 Å². The predicted octanol–water partition coefficient (Wildman–Crippen LogP) is 18.9. The number of nitrogens with zero attached hydrogens (tertiary/aromatic N) is 3. The van der Waals surface area contributed by atoms with Crippen LogP contribution in [0.2, 0.25) is 0 Å². The molecule has 12 rings (SSSR count). The lowest BCUT2D eigenvalue weighted by atomic mass is 9.69. The molecular weight excluding hydrogens is 1610 g/mol. The molecule has 8 unspecified atom stereocenters. The molecule has 0 fully saturated rings. The number of hydrogen-bond acceptors (Lipinski definition) is 18. The summed E-state index contributed by atoms with van der Waals surface area (Å²) in [6, 6.07) is 51.0. The van der Waals surface area contributed by atoms with E-state index in [0.29, 0.717) is 106 Å². The van der Waals surface area contributed by atoms with E-state index in [1.165, 1.54) is 18.2 Å². The van der Waals surface area contributed by atoms with E-state index < -0.39 is 115 Å². The maximum Gasteiger partial charge on any atom is 0.179 e. The van der Waals surface area contributed by atoms with Crippen molar-refractivity contribution in [3.05, 3.63) is 226 Å². The average Bonchev–Trinajstić information content (AvgIpc) is 1.62. The number of aliphatic hydroxyl groups is 4. The number of rotatable bonds is 26. The molecule has 0 radical (unpaired) electrons. The largest absolute Gasteiger partial charge is 0.497 e. The van der Waals surface area contributed by atoms with E-state index in [9.17, 15) is 58.5 Å². The topological polar surface area (TPSA) is 255 Å². The van der Waals surface area contributed by atoms with Gasteiger partial charge in [-0.2, -0.15) is 0 Å². The van der Waals surface area contributed by atoms with E-state index in [4.69, 9.17) is 14.2 Å². The number of aliphatic hydroxyl groups excluding tert-OH is 4. The first-order valence-corrected chi connectivity index (χ1v) is 49.8. The Morgan fingerprint density at radius 3 is 0.868 bits per heavy atom. The van der Waals surface area contributed by atoms with Crippen LogP contribution in [0.4, 0.5) is 21.5 Å². The standard InChI is InChI=1S/3C25H35NO4S.C23H29FO3S/c1-6-8-15-25(7-2)17-31(28,29)22-14-13-20(30-5)16-21(22)23(24(25)27)18-9-11-19(12-10-18)26(3)4;2*1-6-8-14-25(7-2)17-31(28,29)22-13-12-20(30-5)16-21(22)23(24(25)27)18-10-9-11-19(15-18)26(3)4;1-4-6-13-23(5-2)15-28(26,27)20-12-11-18(24)14-19(20)21(22(23)25)17-9-7-16(3)8-10-17/h9-14,16,23-24,27H,6-8,15,17H2,1-5H3;2*9-13,15-16,23-24,27H,6-8,14,17H2,1-5H3;7-12,14,21-22,25H,4-6,13,15H2,1-3H3/t3*23-,24?,25?;21-,22?,23?/m1111/s1. The van der Waals surface area contributed by atoms with Gasteiger partial charge in [-0.3, -0.25) is 0 Å². The molecule has 0 spiro atoms. The number of unbranched alkanes of at least 4 members (excludes halogenated alkanes) is 4. The number of fused-ring (bicyclic) bond motifs is 4. The molecule has 8 aromatic rings. The average molecular weight is 1740 g/mol. The quantitative estimate of drug-likeness (QED) is 0.0368. The van der Waals surface area contributed by atoms with Crippen molar-refractivity contribution in [3.8, 4) is 17.2 Å². The molecule has 0 aromatic heterocycles. The van der Waals surface area contributed by atoms with Gasteiger partial charge in [0.1, 0.15) is 23.1 Å². The van der Waals surface area contributed by atoms with Gasteiger partial charge in [0.2, 0.25) is 0 Å². The van der Waals surface area contributed by atoms with Gasteiger partial charge in [-0.25, -0.2) is 38.1 Å². The molecule has 8 aromatic carbocycles. The highest BCUT2D eigenvalue weighted by atomic mass is 32.2. The first kappa shape index (κ1) is 96.9. The van der Waals surface area contributed by atoms with Crippen LogP contribution < -0.4 is 28.9 Å². The Hall–Kier alpha value is -7.87. The zero-order chi connectivity index (χ0) is 89.0. The van der Waals surface area contributed by atoms with Crippen molar-refractivity contribution in [1.29, 1.82) is 0 Å². The zero-order valence-electron chi connectivity index (χ0n) is 74.6. The molecule has 0 bridgehead atoms. The minimum atomic E-state index is -3.65. The molecular formula is C98H134FN3O15S4. The summed E-state index contributed by atoms with van der Waals surface area (Å²) in [5, 5.41) is 47.2. The van der Waals surface area contributed by atoms with Crippen LogP contribution in [-0.2, 0) is 39.3 Å². The van der Waals surface area contributed by atoms with Crippen LogP contribution >= 0.6 is 0 Å². The lowest BCUT2D eigenvalue weighted by Crippen LogP contribution is -2.42. The predicted molar refractivity (Wildman–Crippen MR) is 487 cm³/mol. The van der Waals surface area contributed by atoms with E-state index in [1.54, 1.807) is 75.9 Å². The van der Waals surface area contributed by atoms with Crippen molar-refractivity contribution >= 4 is 56.4 Å². The van der Waals surface area contributed by atoms with Gasteiger partial charge in [-0.05, 0) is 212 Å². The molecule has 4 aliphatic rings. The van der Waals surface area contributed by atoms with Crippen LogP contribution in [0, 0.1) is 34.4 Å². The molecule has 23 heteroatoms. The molecule has 4 heterocycles. The fraction of sp³-hybridized carbons (Fsp3) is 0.510. The van der Waals surface area contributed by atoms with Crippen LogP contribution in [-0.4, -0.2) is 165 Å². The third-order valence-electron chi connectivity index (χ3n) is 26.6. The number of hydrogen-bond donors (Lipinski definition) is 4. The van der Waals surface area contributed by atoms with Gasteiger partial charge in [0.05, 0.1) is 88.3 Å². The van der Waals surface area contributed by atoms with E-state index in [1.807, 2.05) is 177 Å². The monoisotopic (exact) mass is 1740 g/mol. The highest BCUT2D eigenvalue weighted by Gasteiger charge is 2.54. The van der Waals surface area contributed by atoms with Gasteiger partial charge < -0.3 is 49.3 Å². The van der Waals surface area contributed by atoms with Crippen molar-refractivity contribution in [2.45, 2.75) is 233 Å². The molecule has 662 valence electrons. The summed E-state index contributed by atoms with van der Waals surface area (Å²) in [7, 11) is 2.19. The highest BCUT2D eigenvalue weighted by molar-refractivity contribution is 7.92. The number of methoxy groups -OCH3 is 3. The Labute approximate surface area is 723 Å². The van der Waals surface area contributed by atoms with Crippen LogP contribution in [0.15, 0.2) is 189 Å². The van der Waals surface area contributed by atoms with Gasteiger partial charge in [0.15, 0.2) is 39.3 Å². The molecule has 4 aliphatic heterocycles. The van der Waals surface area contributed by atoms with Crippen LogP contribution in [0.25, 0.3) is 0 Å². The van der Waals surface area contributed by atoms with E-state index >= 15 is 0 Å². The molecule has 18 nitrogen and oxygen atoms in total. The minimum absolute atomic E-state index is 0.0384. The zero-order valence-corrected chi connectivity index (χ0v) is 77.8. The minimum Gasteiger partial charge on any atom is -0.497 e. The molecule has 12 atom stereocenters. The van der Waals surface area contributed by atoms with Crippen LogP contribution in [0.1, 0.15) is 232 Å². The van der Waals surface area contributed by atoms with Gasteiger partial charge in [0.25, 0.3) is 0 Å². The van der Waals surface area contributed by atoms with Crippen LogP contribution in [0.3, 0.4) is 0 Å². The lowest BCUT2D eigenvalue weighted by molar-refractivity contribution is 0.0173. The van der Waals surface area contributed by atoms with Crippen molar-refractivity contribution in [2.75, 3.05) is 101 Å². The highest BCUT2D eigenvalue weighted by Crippen LogP contribution is 2.55. The normalized spacial score (nSPS) is 25.2. The number of benzene rings is 8. The summed E-state index contributed by atoms with van der Waals surface area (Å²) in [4.78, 5) is 7.11. The fourth-order valence-electron chi connectivity index (χ4n) is 19.0. The molecule has 121 heavy (non-hydrogen) atoms. The second kappa shape index (κ2) is 40.8. The Balaban J connectivity index is 0.000000184. The summed E-state index contributed by atoms with van der Waals surface area (Å²) in [6.45, 7) is 18.3. The molecule has 0 saturated heterocycles. The summed E-state index contributed by atoms with van der Waals surface area (Å²) in [6.07, 6.45) is 8.88. The van der Waals surface area contributed by atoms with Gasteiger partial charge in [-0.15, -0.1) is 0 Å². The summed E-state index contributed by atoms with van der Waals surface area (Å²) >= 11 is 0. The van der Waals surface area contributed by atoms with Gasteiger partial charge >= 0.3 is 0 Å². The summed E-state index contributed by atoms with van der Waals surface area (Å²) in [5.41, 5.74) is 7.06. The second-order valence-corrected chi connectivity index (χ2v) is 42.6. The van der Waals surface area contributed by atoms with Crippen molar-refractivity contribution in [2.24, 2.45) is 21.7 Å². The van der Waals surface area contributed by atoms with Crippen molar-refractivity contribution in [3.63, 3.8) is 0 Å². The smallest absolute Gasteiger partial charge is 0.179 e. The molecule has 0 aliphatic carbocycles. The first-order valence-electron chi connectivity index (χ1n) is 43.2. The number of ether oxygens (including phenoxy) is 3. The number of aryl methyl sites for hydroxylation is 1. The van der Waals surface area contributed by atoms with Crippen molar-refractivity contribution in [1.82, 2.24) is 0 Å². The maximum atomic E-state index is 14.2. The van der Waals surface area contributed by atoms with Gasteiger partial charge in [-0.1, -0.05) is 173 Å². The van der Waals surface area contributed by atoms with E-state index in [-0.39, 0.29) is 27.9 Å². The summed E-state index contributed by atoms with van der Waals surface area (Å²) < 4.78 is 138. The molecule has 0 saturated carbocycles. The summed E-state index contributed by atoms with van der Waals surface area (Å²) in [5.74, 6) is -0.901. The molecule has 0 amide bonds. The van der Waals surface area contributed by atoms with Gasteiger partial charge in [0, 0.05) is 105 Å². The number of sulfone groups is 4. The van der Waals surface area contributed by atoms with Crippen molar-refractivity contribution < 1.29 is 72.7 Å². The third kappa shape index (κ3) is 21.1. The van der Waals surface area contributed by atoms with E-state index in [2.05, 4.69) is 39.8 Å². The second-order valence-electron chi connectivity index (χ2n) is 34.8. The SMILES string of the molecule is CCCCC1(CC)CS(=O)(=O)c2ccc(F)cc2[C@@H](c2ccc(C)cc2)C1O.CCCCC1(CC)CS(=O)(=O)c2ccc(OC)cc2[C@@H](c2ccc(N(C)C)cc2)C1O.CCCCC1(CC)CS(=O)(=O)c2ccc(OC)cc2[C@@H](c2cccc(N(C)C)c2)C1O.CCCCC1(CC)CS(=O)(=O)c2ccc(OC)cc2[C@@H](c2cccc(N(C)C)c2)C1O. The molecule has 4 N–H and O–H groups in total. The number of halogens is 1. The number of anilines is 3. The Morgan fingerprint density at radius 1 is 0.339 bits per heavy atom. The Morgan fingerprint density at radius 2 is 0.603 bits per heavy atom. The Bertz CT molecular complexity index is 5120. The lowest BCUT2D eigenvalue weighted by Gasteiger charge is -2.39. The fourth-order valence-corrected chi connectivity index (χ4v) is 28.0. The first-order chi connectivity index (χ1) is 57.3. The maximum absolute atomic E-state index is 14.2. The third-order valence-corrected chi connectivity index (χ3v) is 34.6.